The van der Waals surface area contributed by atoms with E-state index in [1.807, 2.05) is 12.1 Å². The van der Waals surface area contributed by atoms with E-state index in [1.54, 1.807) is 31.4 Å². The highest BCUT2D eigenvalue weighted by Gasteiger charge is 2.65. The third-order valence-electron chi connectivity index (χ3n) is 8.14. The summed E-state index contributed by atoms with van der Waals surface area (Å²) in [5.74, 6) is -0.500. The maximum Gasteiger partial charge on any atom is 0.238 e. The molecule has 1 saturated carbocycles. The number of hydrogen-bond acceptors (Lipinski definition) is 3. The van der Waals surface area contributed by atoms with Gasteiger partial charge in [-0.3, -0.25) is 9.59 Å². The fourth-order valence-corrected chi connectivity index (χ4v) is 6.62. The number of ether oxygens (including phenoxy) is 1. The minimum atomic E-state index is -0.392. The average Bonchev–Trinajstić information content (AvgIpc) is 3.52. The van der Waals surface area contributed by atoms with Crippen molar-refractivity contribution in [2.45, 2.75) is 20.8 Å². The van der Waals surface area contributed by atoms with E-state index in [0.29, 0.717) is 11.4 Å². The van der Waals surface area contributed by atoms with E-state index in [2.05, 4.69) is 75.4 Å². The second-order valence-electron chi connectivity index (χ2n) is 11.2. The van der Waals surface area contributed by atoms with Gasteiger partial charge in [-0.15, -0.1) is 0 Å². The van der Waals surface area contributed by atoms with Crippen LogP contribution in [-0.2, 0) is 9.59 Å². The standard InChI is InChI=1S/C33H31NO3/c1-33(2,3)25-19-24-27(26(20-11-7-5-8-12-20)21-13-9-6-10-14-21)29(25)30-28(24)31(35)34(32(30)36)22-15-17-23(37-4)18-16-22/h5-19,24,28-30H,1-4H3. The first kappa shape index (κ1) is 23.5. The predicted molar refractivity (Wildman–Crippen MR) is 146 cm³/mol. The van der Waals surface area contributed by atoms with Crippen molar-refractivity contribution < 1.29 is 14.3 Å². The number of anilines is 1. The minimum Gasteiger partial charge on any atom is -0.497 e. The number of nitrogens with zero attached hydrogens (tertiary/aromatic N) is 1. The predicted octanol–water partition coefficient (Wildman–Crippen LogP) is 6.54. The van der Waals surface area contributed by atoms with Gasteiger partial charge in [-0.25, -0.2) is 4.90 Å². The molecule has 4 nitrogen and oxygen atoms in total. The van der Waals surface area contributed by atoms with Crippen molar-refractivity contribution in [2.75, 3.05) is 12.0 Å². The van der Waals surface area contributed by atoms with E-state index in [9.17, 15) is 9.59 Å². The molecule has 2 amide bonds. The van der Waals surface area contributed by atoms with Crippen molar-refractivity contribution in [1.29, 1.82) is 0 Å². The van der Waals surface area contributed by atoms with Crippen molar-refractivity contribution in [2.24, 2.45) is 29.1 Å². The van der Waals surface area contributed by atoms with Gasteiger partial charge in [-0.05, 0) is 52.0 Å². The van der Waals surface area contributed by atoms with Gasteiger partial charge in [0, 0.05) is 11.8 Å². The van der Waals surface area contributed by atoms with E-state index >= 15 is 0 Å². The molecule has 37 heavy (non-hydrogen) atoms. The highest BCUT2D eigenvalue weighted by molar-refractivity contribution is 6.23. The molecule has 0 radical (unpaired) electrons. The zero-order valence-electron chi connectivity index (χ0n) is 21.6. The molecule has 4 unspecified atom stereocenters. The number of fused-ring (bicyclic) bond motifs is 5. The summed E-state index contributed by atoms with van der Waals surface area (Å²) < 4.78 is 5.28. The number of carbonyl (C=O) groups is 2. The number of rotatable bonds is 4. The van der Waals surface area contributed by atoms with Gasteiger partial charge in [0.1, 0.15) is 5.75 Å². The molecule has 1 aliphatic heterocycles. The largest absolute Gasteiger partial charge is 0.497 e. The van der Waals surface area contributed by atoms with Crippen molar-refractivity contribution in [3.8, 4) is 5.75 Å². The van der Waals surface area contributed by atoms with Crippen molar-refractivity contribution in [1.82, 2.24) is 0 Å². The molecule has 6 rings (SSSR count). The molecular formula is C33H31NO3. The number of benzene rings is 3. The molecule has 186 valence electrons. The van der Waals surface area contributed by atoms with Crippen LogP contribution in [0.4, 0.5) is 5.69 Å². The first-order valence-electron chi connectivity index (χ1n) is 12.9. The molecule has 3 aliphatic rings. The first-order valence-corrected chi connectivity index (χ1v) is 12.9. The number of amides is 2. The third kappa shape index (κ3) is 3.58. The second-order valence-corrected chi connectivity index (χ2v) is 11.2. The number of imide groups is 1. The lowest BCUT2D eigenvalue weighted by molar-refractivity contribution is -0.122. The lowest BCUT2D eigenvalue weighted by Gasteiger charge is -2.31. The Labute approximate surface area is 218 Å². The SMILES string of the molecule is COc1ccc(N2C(=O)C3C4C=C(C(C)(C)C)C(C4=C(c4ccccc4)c4ccccc4)C3C2=O)cc1. The maximum atomic E-state index is 14.1. The van der Waals surface area contributed by atoms with Crippen molar-refractivity contribution >= 4 is 23.1 Å². The average molecular weight is 490 g/mol. The number of carbonyl (C=O) groups excluding carboxylic acids is 2. The molecule has 2 fully saturated rings. The summed E-state index contributed by atoms with van der Waals surface area (Å²) in [7, 11) is 1.61. The summed E-state index contributed by atoms with van der Waals surface area (Å²) in [5, 5.41) is 0. The molecule has 3 aromatic carbocycles. The monoisotopic (exact) mass is 489 g/mol. The number of allylic oxidation sites excluding steroid dienone is 3. The Balaban J connectivity index is 1.53. The molecule has 3 aromatic rings. The smallest absolute Gasteiger partial charge is 0.238 e. The van der Waals surface area contributed by atoms with Crippen LogP contribution in [0.5, 0.6) is 5.75 Å². The van der Waals surface area contributed by atoms with Gasteiger partial charge in [0.15, 0.2) is 0 Å². The van der Waals surface area contributed by atoms with Gasteiger partial charge in [0.2, 0.25) is 11.8 Å². The van der Waals surface area contributed by atoms with Gasteiger partial charge in [-0.1, -0.05) is 93.1 Å². The Bertz CT molecular complexity index is 1390. The summed E-state index contributed by atoms with van der Waals surface area (Å²) in [4.78, 5) is 29.5. The lowest BCUT2D eigenvalue weighted by Crippen LogP contribution is -2.34. The van der Waals surface area contributed by atoms with E-state index in [4.69, 9.17) is 4.74 Å². The first-order chi connectivity index (χ1) is 17.8. The summed E-state index contributed by atoms with van der Waals surface area (Å²) >= 11 is 0. The van der Waals surface area contributed by atoms with Gasteiger partial charge in [-0.2, -0.15) is 0 Å². The van der Waals surface area contributed by atoms with Crippen LogP contribution in [0.25, 0.3) is 5.57 Å². The van der Waals surface area contributed by atoms with E-state index < -0.39 is 5.92 Å². The van der Waals surface area contributed by atoms with Crippen LogP contribution in [0.2, 0.25) is 0 Å². The second kappa shape index (κ2) is 8.58. The molecule has 4 heteroatoms. The van der Waals surface area contributed by atoms with E-state index in [-0.39, 0.29) is 35.0 Å². The van der Waals surface area contributed by atoms with Gasteiger partial charge < -0.3 is 4.74 Å². The van der Waals surface area contributed by atoms with Gasteiger partial charge >= 0.3 is 0 Å². The zero-order valence-corrected chi connectivity index (χ0v) is 21.6. The summed E-state index contributed by atoms with van der Waals surface area (Å²) in [6.07, 6.45) is 2.30. The van der Waals surface area contributed by atoms with E-state index in [1.165, 1.54) is 16.0 Å². The molecule has 0 N–H and O–H groups in total. The number of hydrogen-bond donors (Lipinski definition) is 0. The van der Waals surface area contributed by atoms with Crippen LogP contribution >= 0.6 is 0 Å². The molecule has 4 atom stereocenters. The summed E-state index contributed by atoms with van der Waals surface area (Å²) in [6, 6.07) is 28.0. The van der Waals surface area contributed by atoms with Crippen LogP contribution < -0.4 is 9.64 Å². The summed E-state index contributed by atoms with van der Waals surface area (Å²) in [6.45, 7) is 6.62. The Morgan fingerprint density at radius 2 is 1.30 bits per heavy atom. The molecule has 0 spiro atoms. The lowest BCUT2D eigenvalue weighted by atomic mass is 9.71. The van der Waals surface area contributed by atoms with Gasteiger partial charge in [0.05, 0.1) is 24.6 Å². The maximum absolute atomic E-state index is 14.1. The van der Waals surface area contributed by atoms with Gasteiger partial charge in [0.25, 0.3) is 0 Å². The molecule has 2 aliphatic carbocycles. The van der Waals surface area contributed by atoms with Crippen LogP contribution in [0.3, 0.4) is 0 Å². The highest BCUT2D eigenvalue weighted by Crippen LogP contribution is 2.64. The normalized spacial score (nSPS) is 24.4. The van der Waals surface area contributed by atoms with Crippen LogP contribution in [-0.4, -0.2) is 18.9 Å². The van der Waals surface area contributed by atoms with Crippen molar-refractivity contribution in [3.63, 3.8) is 0 Å². The molecule has 1 heterocycles. The number of methoxy groups -OCH3 is 1. The Kier molecular flexibility index (Phi) is 5.45. The van der Waals surface area contributed by atoms with E-state index in [0.717, 1.165) is 16.7 Å². The molecule has 0 aromatic heterocycles. The quantitative estimate of drug-likeness (QED) is 0.309. The Hall–Kier alpha value is -3.92. The highest BCUT2D eigenvalue weighted by atomic mass is 16.5. The van der Waals surface area contributed by atoms with Crippen LogP contribution in [0.1, 0.15) is 31.9 Å². The Morgan fingerprint density at radius 1 is 0.757 bits per heavy atom. The summed E-state index contributed by atoms with van der Waals surface area (Å²) in [5.41, 5.74) is 6.36. The Morgan fingerprint density at radius 3 is 1.81 bits per heavy atom. The fourth-order valence-electron chi connectivity index (χ4n) is 6.62. The third-order valence-corrected chi connectivity index (χ3v) is 8.14. The van der Waals surface area contributed by atoms with Crippen LogP contribution in [0.15, 0.2) is 102 Å². The molecule has 2 bridgehead atoms. The fraction of sp³-hybridized carbons (Fsp3) is 0.273. The topological polar surface area (TPSA) is 46.6 Å². The zero-order chi connectivity index (χ0) is 25.9. The van der Waals surface area contributed by atoms with Crippen molar-refractivity contribution in [3.05, 3.63) is 113 Å². The minimum absolute atomic E-state index is 0.0968. The molecular weight excluding hydrogens is 458 g/mol. The molecule has 1 saturated heterocycles. The van der Waals surface area contributed by atoms with Crippen LogP contribution in [0, 0.1) is 29.1 Å².